The first kappa shape index (κ1) is 21.3. The molecule has 1 aliphatic rings. The fraction of sp³-hybridized carbons (Fsp3) is 0.435. The van der Waals surface area contributed by atoms with Crippen LogP contribution in [0, 0.1) is 12.7 Å². The van der Waals surface area contributed by atoms with Crippen molar-refractivity contribution in [2.75, 3.05) is 46.4 Å². The van der Waals surface area contributed by atoms with Crippen molar-refractivity contribution in [2.45, 2.75) is 19.9 Å². The van der Waals surface area contributed by atoms with E-state index >= 15 is 0 Å². The molecule has 0 aromatic heterocycles. The van der Waals surface area contributed by atoms with Gasteiger partial charge in [0.1, 0.15) is 0 Å². The van der Waals surface area contributed by atoms with Gasteiger partial charge in [-0.3, -0.25) is 14.6 Å². The van der Waals surface area contributed by atoms with Crippen LogP contribution in [0.5, 0.6) is 5.75 Å². The lowest BCUT2D eigenvalue weighted by atomic mass is 10.1. The van der Waals surface area contributed by atoms with Crippen molar-refractivity contribution >= 4 is 5.91 Å². The number of carbonyl (C=O) groups is 1. The summed E-state index contributed by atoms with van der Waals surface area (Å²) in [5, 5.41) is 3.03. The number of aryl methyl sites for hydroxylation is 1. The summed E-state index contributed by atoms with van der Waals surface area (Å²) in [7, 11) is 1.47. The normalized spacial score (nSPS) is 15.3. The average Bonchev–Trinajstić information content (AvgIpc) is 2.71. The maximum absolute atomic E-state index is 13.8. The molecule has 1 N–H and O–H groups in total. The molecule has 0 spiro atoms. The number of hydrogen-bond donors (Lipinski definition) is 1. The lowest BCUT2D eigenvalue weighted by Gasteiger charge is -2.34. The number of rotatable bonds is 8. The van der Waals surface area contributed by atoms with Gasteiger partial charge in [0.2, 0.25) is 5.91 Å². The van der Waals surface area contributed by atoms with Crippen molar-refractivity contribution in [1.82, 2.24) is 15.1 Å². The van der Waals surface area contributed by atoms with Crippen molar-refractivity contribution in [3.8, 4) is 5.75 Å². The molecule has 3 rings (SSSR count). The van der Waals surface area contributed by atoms with Crippen LogP contribution in [0.25, 0.3) is 0 Å². The zero-order valence-corrected chi connectivity index (χ0v) is 17.3. The van der Waals surface area contributed by atoms with Gasteiger partial charge in [0.05, 0.1) is 13.7 Å². The van der Waals surface area contributed by atoms with Crippen LogP contribution in [-0.2, 0) is 17.8 Å². The van der Waals surface area contributed by atoms with E-state index in [0.717, 1.165) is 38.2 Å². The second-order valence-electron chi connectivity index (χ2n) is 7.55. The highest BCUT2D eigenvalue weighted by Crippen LogP contribution is 2.19. The van der Waals surface area contributed by atoms with Crippen LogP contribution in [0.15, 0.2) is 42.5 Å². The van der Waals surface area contributed by atoms with Crippen LogP contribution >= 0.6 is 0 Å². The number of nitrogens with zero attached hydrogens (tertiary/aromatic N) is 2. The Morgan fingerprint density at radius 3 is 2.52 bits per heavy atom. The Hall–Kier alpha value is -2.44. The fourth-order valence-electron chi connectivity index (χ4n) is 3.66. The summed E-state index contributed by atoms with van der Waals surface area (Å²) in [5.41, 5.74) is 3.47. The molecule has 0 atom stereocenters. The summed E-state index contributed by atoms with van der Waals surface area (Å²) in [5.74, 6) is 0.0160. The van der Waals surface area contributed by atoms with E-state index in [0.29, 0.717) is 19.6 Å². The first-order valence-electron chi connectivity index (χ1n) is 10.1. The van der Waals surface area contributed by atoms with Gasteiger partial charge in [-0.2, -0.15) is 0 Å². The Bertz CT molecular complexity index is 820. The van der Waals surface area contributed by atoms with Gasteiger partial charge in [-0.15, -0.1) is 0 Å². The van der Waals surface area contributed by atoms with Gasteiger partial charge in [0, 0.05) is 39.3 Å². The molecule has 29 heavy (non-hydrogen) atoms. The molecule has 1 fully saturated rings. The van der Waals surface area contributed by atoms with Gasteiger partial charge in [-0.05, 0) is 42.2 Å². The number of benzene rings is 2. The van der Waals surface area contributed by atoms with E-state index in [-0.39, 0.29) is 17.5 Å². The summed E-state index contributed by atoms with van der Waals surface area (Å²) < 4.78 is 18.8. The Labute approximate surface area is 172 Å². The molecular weight excluding hydrogens is 369 g/mol. The summed E-state index contributed by atoms with van der Waals surface area (Å²) in [6, 6.07) is 13.4. The first-order chi connectivity index (χ1) is 14.0. The Morgan fingerprint density at radius 1 is 1.10 bits per heavy atom. The molecule has 156 valence electrons. The van der Waals surface area contributed by atoms with Crippen LogP contribution in [-0.4, -0.2) is 62.1 Å². The van der Waals surface area contributed by atoms with Crippen LogP contribution in [0.3, 0.4) is 0 Å². The van der Waals surface area contributed by atoms with Crippen LogP contribution in [0.4, 0.5) is 4.39 Å². The highest BCUT2D eigenvalue weighted by Gasteiger charge is 2.19. The molecule has 0 aliphatic carbocycles. The maximum atomic E-state index is 13.8. The van der Waals surface area contributed by atoms with E-state index in [1.807, 2.05) is 18.2 Å². The number of hydrogen-bond acceptors (Lipinski definition) is 4. The topological polar surface area (TPSA) is 44.8 Å². The van der Waals surface area contributed by atoms with Crippen molar-refractivity contribution in [3.05, 3.63) is 65.0 Å². The minimum Gasteiger partial charge on any atom is -0.494 e. The molecule has 1 heterocycles. The molecule has 0 unspecified atom stereocenters. The highest BCUT2D eigenvalue weighted by molar-refractivity contribution is 5.78. The van der Waals surface area contributed by atoms with Gasteiger partial charge in [0.25, 0.3) is 0 Å². The lowest BCUT2D eigenvalue weighted by Crippen LogP contribution is -2.49. The van der Waals surface area contributed by atoms with Crippen LogP contribution in [0.1, 0.15) is 16.7 Å². The summed E-state index contributed by atoms with van der Waals surface area (Å²) in [6.07, 6.45) is 0.852. The Kier molecular flexibility index (Phi) is 7.61. The van der Waals surface area contributed by atoms with E-state index < -0.39 is 0 Å². The minimum atomic E-state index is -0.328. The number of piperazine rings is 1. The van der Waals surface area contributed by atoms with Gasteiger partial charge >= 0.3 is 0 Å². The Morgan fingerprint density at radius 2 is 1.83 bits per heavy atom. The number of halogens is 1. The molecule has 6 heteroatoms. The predicted octanol–water partition coefficient (Wildman–Crippen LogP) is 2.62. The van der Waals surface area contributed by atoms with Crippen molar-refractivity contribution in [2.24, 2.45) is 0 Å². The number of carbonyl (C=O) groups excluding carboxylic acids is 1. The molecule has 1 aliphatic heterocycles. The van der Waals surface area contributed by atoms with Crippen LogP contribution in [0.2, 0.25) is 0 Å². The zero-order valence-electron chi connectivity index (χ0n) is 17.3. The van der Waals surface area contributed by atoms with Crippen molar-refractivity contribution < 1.29 is 13.9 Å². The number of amides is 1. The molecule has 2 aromatic carbocycles. The molecule has 0 bridgehead atoms. The molecule has 0 radical (unpaired) electrons. The van der Waals surface area contributed by atoms with Gasteiger partial charge in [-0.25, -0.2) is 4.39 Å². The summed E-state index contributed by atoms with van der Waals surface area (Å²) in [4.78, 5) is 16.7. The maximum Gasteiger partial charge on any atom is 0.234 e. The van der Waals surface area contributed by atoms with Crippen LogP contribution < -0.4 is 10.1 Å². The second-order valence-corrected chi connectivity index (χ2v) is 7.55. The second kappa shape index (κ2) is 10.4. The molecule has 5 nitrogen and oxygen atoms in total. The smallest absolute Gasteiger partial charge is 0.234 e. The monoisotopic (exact) mass is 399 g/mol. The van der Waals surface area contributed by atoms with E-state index in [4.69, 9.17) is 4.74 Å². The van der Waals surface area contributed by atoms with Crippen molar-refractivity contribution in [1.29, 1.82) is 0 Å². The Balaban J connectivity index is 1.36. The molecular formula is C23H30FN3O2. The standard InChI is InChI=1S/C23H30FN3O2/c1-18-5-3-4-6-20(18)9-10-25-23(28)17-27-13-11-26(12-14-27)16-19-7-8-22(29-2)21(24)15-19/h3-8,15H,9-14,16-17H2,1-2H3,(H,25,28). The third-order valence-electron chi connectivity index (χ3n) is 5.43. The largest absolute Gasteiger partial charge is 0.494 e. The molecule has 0 saturated carbocycles. The van der Waals surface area contributed by atoms with E-state index in [1.165, 1.54) is 24.3 Å². The lowest BCUT2D eigenvalue weighted by molar-refractivity contribution is -0.122. The highest BCUT2D eigenvalue weighted by atomic mass is 19.1. The fourth-order valence-corrected chi connectivity index (χ4v) is 3.66. The van der Waals surface area contributed by atoms with E-state index in [1.54, 1.807) is 6.07 Å². The molecule has 1 saturated heterocycles. The predicted molar refractivity (Wildman–Crippen MR) is 113 cm³/mol. The molecule has 1 amide bonds. The number of ether oxygens (including phenoxy) is 1. The SMILES string of the molecule is COc1ccc(CN2CCN(CC(=O)NCCc3ccccc3C)CC2)cc1F. The third-order valence-corrected chi connectivity index (χ3v) is 5.43. The zero-order chi connectivity index (χ0) is 20.6. The van der Waals surface area contributed by atoms with Gasteiger partial charge in [-0.1, -0.05) is 30.3 Å². The molecule has 2 aromatic rings. The van der Waals surface area contributed by atoms with E-state index in [9.17, 15) is 9.18 Å². The first-order valence-corrected chi connectivity index (χ1v) is 10.1. The van der Waals surface area contributed by atoms with Gasteiger partial charge < -0.3 is 10.1 Å². The van der Waals surface area contributed by atoms with Crippen molar-refractivity contribution in [3.63, 3.8) is 0 Å². The quantitative estimate of drug-likeness (QED) is 0.741. The third kappa shape index (κ3) is 6.27. The summed E-state index contributed by atoms with van der Waals surface area (Å²) >= 11 is 0. The van der Waals surface area contributed by atoms with Gasteiger partial charge in [0.15, 0.2) is 11.6 Å². The number of nitrogens with one attached hydrogen (secondary N) is 1. The minimum absolute atomic E-state index is 0.0734. The summed E-state index contributed by atoms with van der Waals surface area (Å²) in [6.45, 7) is 7.29. The number of methoxy groups -OCH3 is 1. The van der Waals surface area contributed by atoms with E-state index in [2.05, 4.69) is 34.2 Å². The average molecular weight is 400 g/mol.